The summed E-state index contributed by atoms with van der Waals surface area (Å²) < 4.78 is 0. The lowest BCUT2D eigenvalue weighted by atomic mass is 10.1. The summed E-state index contributed by atoms with van der Waals surface area (Å²) in [6.07, 6.45) is 3.44. The van der Waals surface area contributed by atoms with E-state index in [1.165, 1.54) is 0 Å². The fourth-order valence-electron chi connectivity index (χ4n) is 1.86. The van der Waals surface area contributed by atoms with Crippen LogP contribution in [0.15, 0.2) is 54.9 Å². The Morgan fingerprint density at radius 1 is 1.05 bits per heavy atom. The van der Waals surface area contributed by atoms with Crippen molar-refractivity contribution in [2.24, 2.45) is 5.73 Å². The van der Waals surface area contributed by atoms with Crippen molar-refractivity contribution in [3.05, 3.63) is 66.2 Å². The lowest BCUT2D eigenvalue weighted by molar-refractivity contribution is 0.787. The Kier molecular flexibility index (Phi) is 3.04. The van der Waals surface area contributed by atoms with Crippen LogP contribution in [0.25, 0.3) is 11.4 Å². The number of rotatable bonds is 3. The number of nitrogens with two attached hydrogens (primary N) is 1. The van der Waals surface area contributed by atoms with Crippen LogP contribution in [-0.2, 0) is 0 Å². The van der Waals surface area contributed by atoms with Gasteiger partial charge in [-0.3, -0.25) is 10.1 Å². The fourth-order valence-corrected chi connectivity index (χ4v) is 1.86. The second-order valence-electron chi connectivity index (χ2n) is 4.17. The van der Waals surface area contributed by atoms with Crippen molar-refractivity contribution in [1.29, 1.82) is 0 Å². The molecule has 0 saturated carbocycles. The normalized spacial score (nSPS) is 12.3. The molecule has 0 aliphatic carbocycles. The average molecular weight is 251 g/mol. The maximum absolute atomic E-state index is 6.16. The first kappa shape index (κ1) is 11.6. The second kappa shape index (κ2) is 4.99. The van der Waals surface area contributed by atoms with E-state index < -0.39 is 0 Å². The van der Waals surface area contributed by atoms with Gasteiger partial charge in [0.1, 0.15) is 5.82 Å². The number of nitrogens with one attached hydrogen (secondary N) is 1. The van der Waals surface area contributed by atoms with Gasteiger partial charge < -0.3 is 5.73 Å². The van der Waals surface area contributed by atoms with Gasteiger partial charge in [0.05, 0.1) is 6.04 Å². The maximum Gasteiger partial charge on any atom is 0.182 e. The van der Waals surface area contributed by atoms with E-state index in [9.17, 15) is 0 Å². The van der Waals surface area contributed by atoms with E-state index in [0.717, 1.165) is 11.1 Å². The quantitative estimate of drug-likeness (QED) is 0.745. The van der Waals surface area contributed by atoms with Crippen molar-refractivity contribution in [2.45, 2.75) is 6.04 Å². The molecule has 5 heteroatoms. The van der Waals surface area contributed by atoms with Gasteiger partial charge in [-0.05, 0) is 17.7 Å². The molecule has 3 aromatic rings. The van der Waals surface area contributed by atoms with Crippen LogP contribution in [-0.4, -0.2) is 20.2 Å². The third kappa shape index (κ3) is 2.36. The summed E-state index contributed by atoms with van der Waals surface area (Å²) in [6.45, 7) is 0. The molecule has 0 aliphatic heterocycles. The van der Waals surface area contributed by atoms with Crippen LogP contribution in [0.2, 0.25) is 0 Å². The van der Waals surface area contributed by atoms with Crippen LogP contribution >= 0.6 is 0 Å². The third-order valence-electron chi connectivity index (χ3n) is 2.88. The zero-order valence-corrected chi connectivity index (χ0v) is 10.2. The van der Waals surface area contributed by atoms with Crippen molar-refractivity contribution in [1.82, 2.24) is 20.2 Å². The smallest absolute Gasteiger partial charge is 0.182 e. The lowest BCUT2D eigenvalue weighted by Gasteiger charge is -2.07. The van der Waals surface area contributed by atoms with E-state index in [-0.39, 0.29) is 6.04 Å². The lowest BCUT2D eigenvalue weighted by Crippen LogP contribution is -2.13. The Hall–Kier alpha value is -2.53. The Balaban J connectivity index is 1.90. The van der Waals surface area contributed by atoms with E-state index in [2.05, 4.69) is 20.2 Å². The molecule has 0 spiro atoms. The summed E-state index contributed by atoms with van der Waals surface area (Å²) in [4.78, 5) is 8.47. The van der Waals surface area contributed by atoms with E-state index >= 15 is 0 Å². The van der Waals surface area contributed by atoms with E-state index in [1.54, 1.807) is 12.4 Å². The van der Waals surface area contributed by atoms with E-state index in [0.29, 0.717) is 11.6 Å². The third-order valence-corrected chi connectivity index (χ3v) is 2.88. The summed E-state index contributed by atoms with van der Waals surface area (Å²) in [5.41, 5.74) is 8.02. The van der Waals surface area contributed by atoms with Gasteiger partial charge in [0.15, 0.2) is 5.82 Å². The second-order valence-corrected chi connectivity index (χ2v) is 4.17. The molecule has 1 aromatic carbocycles. The zero-order valence-electron chi connectivity index (χ0n) is 10.2. The molecule has 0 aliphatic rings. The molecule has 1 atom stereocenters. The summed E-state index contributed by atoms with van der Waals surface area (Å²) in [5.74, 6) is 1.25. The standard InChI is InChI=1S/C14H13N5/c15-12(10-5-2-1-3-6-10)14-17-13(18-19-14)11-7-4-8-16-9-11/h1-9,12H,15H2,(H,17,18,19)/t12-/m0/s1. The molecule has 2 aromatic heterocycles. The van der Waals surface area contributed by atoms with Gasteiger partial charge in [-0.2, -0.15) is 5.10 Å². The number of aromatic amines is 1. The number of hydrogen-bond acceptors (Lipinski definition) is 4. The molecule has 0 fully saturated rings. The van der Waals surface area contributed by atoms with Crippen LogP contribution < -0.4 is 5.73 Å². The first-order valence-corrected chi connectivity index (χ1v) is 5.98. The van der Waals surface area contributed by atoms with Crippen molar-refractivity contribution in [2.75, 3.05) is 0 Å². The first-order valence-electron chi connectivity index (χ1n) is 5.98. The highest BCUT2D eigenvalue weighted by molar-refractivity contribution is 5.52. The summed E-state index contributed by atoms with van der Waals surface area (Å²) >= 11 is 0. The molecular weight excluding hydrogens is 238 g/mol. The molecule has 3 rings (SSSR count). The van der Waals surface area contributed by atoms with Crippen LogP contribution in [0.1, 0.15) is 17.4 Å². The van der Waals surface area contributed by atoms with Crippen molar-refractivity contribution < 1.29 is 0 Å². The summed E-state index contributed by atoms with van der Waals surface area (Å²) in [7, 11) is 0. The molecular formula is C14H13N5. The van der Waals surface area contributed by atoms with Gasteiger partial charge in [0, 0.05) is 18.0 Å². The Bertz CT molecular complexity index is 648. The summed E-state index contributed by atoms with van der Waals surface area (Å²) in [5, 5.41) is 7.07. The minimum absolute atomic E-state index is 0.306. The zero-order chi connectivity index (χ0) is 13.1. The van der Waals surface area contributed by atoms with Gasteiger partial charge in [-0.1, -0.05) is 30.3 Å². The number of hydrogen-bond donors (Lipinski definition) is 2. The predicted octanol–water partition coefficient (Wildman–Crippen LogP) is 1.91. The van der Waals surface area contributed by atoms with Gasteiger partial charge in [0.25, 0.3) is 0 Å². The largest absolute Gasteiger partial charge is 0.318 e. The topological polar surface area (TPSA) is 80.5 Å². The van der Waals surface area contributed by atoms with Crippen molar-refractivity contribution in [3.63, 3.8) is 0 Å². The Morgan fingerprint density at radius 2 is 1.89 bits per heavy atom. The average Bonchev–Trinajstić information content (AvgIpc) is 2.98. The fraction of sp³-hybridized carbons (Fsp3) is 0.0714. The highest BCUT2D eigenvalue weighted by Gasteiger charge is 2.14. The van der Waals surface area contributed by atoms with Crippen LogP contribution in [0.5, 0.6) is 0 Å². The molecule has 94 valence electrons. The molecule has 3 N–H and O–H groups in total. The highest BCUT2D eigenvalue weighted by Crippen LogP contribution is 2.19. The minimum Gasteiger partial charge on any atom is -0.318 e. The van der Waals surface area contributed by atoms with Gasteiger partial charge in [-0.15, -0.1) is 0 Å². The molecule has 0 saturated heterocycles. The van der Waals surface area contributed by atoms with Crippen molar-refractivity contribution in [3.8, 4) is 11.4 Å². The molecule has 0 unspecified atom stereocenters. The first-order chi connectivity index (χ1) is 9.34. The van der Waals surface area contributed by atoms with Crippen LogP contribution in [0.3, 0.4) is 0 Å². The maximum atomic E-state index is 6.16. The Morgan fingerprint density at radius 3 is 2.63 bits per heavy atom. The summed E-state index contributed by atoms with van der Waals surface area (Å²) in [6, 6.07) is 13.3. The number of nitrogens with zero attached hydrogens (tertiary/aromatic N) is 3. The van der Waals surface area contributed by atoms with Crippen molar-refractivity contribution >= 4 is 0 Å². The minimum atomic E-state index is -0.306. The predicted molar refractivity (Wildman–Crippen MR) is 72.1 cm³/mol. The highest BCUT2D eigenvalue weighted by atomic mass is 15.2. The molecule has 2 heterocycles. The monoisotopic (exact) mass is 251 g/mol. The van der Waals surface area contributed by atoms with Gasteiger partial charge in [-0.25, -0.2) is 4.98 Å². The molecule has 0 amide bonds. The SMILES string of the molecule is N[C@@H](c1ccccc1)c1nc(-c2cccnc2)n[nH]1. The van der Waals surface area contributed by atoms with E-state index in [4.69, 9.17) is 5.73 Å². The molecule has 19 heavy (non-hydrogen) atoms. The Labute approximate surface area is 110 Å². The molecule has 0 bridgehead atoms. The van der Waals surface area contributed by atoms with Gasteiger partial charge in [0.2, 0.25) is 0 Å². The number of pyridine rings is 1. The van der Waals surface area contributed by atoms with Gasteiger partial charge >= 0.3 is 0 Å². The molecule has 0 radical (unpaired) electrons. The number of benzene rings is 1. The number of aromatic nitrogens is 4. The van der Waals surface area contributed by atoms with E-state index in [1.807, 2.05) is 42.5 Å². The van der Waals surface area contributed by atoms with Crippen LogP contribution in [0, 0.1) is 0 Å². The number of H-pyrrole nitrogens is 1. The van der Waals surface area contributed by atoms with Crippen LogP contribution in [0.4, 0.5) is 0 Å². The molecule has 5 nitrogen and oxygen atoms in total.